The standard InChI is InChI=1S/C12H15FN2O3/c1-7(10-3-2-4-18-10)15-11-9(12(16)17)5-8(13)6-14-11/h5-7,10H,2-4H2,1H3,(H,14,15)(H,16,17). The van der Waals surface area contributed by atoms with Crippen LogP contribution in [-0.4, -0.2) is 34.8 Å². The summed E-state index contributed by atoms with van der Waals surface area (Å²) in [5, 5.41) is 12.0. The molecule has 2 heterocycles. The van der Waals surface area contributed by atoms with Gasteiger partial charge in [-0.15, -0.1) is 0 Å². The highest BCUT2D eigenvalue weighted by Gasteiger charge is 2.24. The summed E-state index contributed by atoms with van der Waals surface area (Å²) < 4.78 is 18.5. The van der Waals surface area contributed by atoms with E-state index in [0.29, 0.717) is 0 Å². The van der Waals surface area contributed by atoms with Gasteiger partial charge >= 0.3 is 5.97 Å². The Kier molecular flexibility index (Phi) is 3.76. The normalized spacial score (nSPS) is 20.7. The molecule has 0 spiro atoms. The molecule has 0 aliphatic carbocycles. The molecule has 98 valence electrons. The number of hydrogen-bond donors (Lipinski definition) is 2. The second kappa shape index (κ2) is 5.30. The first-order valence-corrected chi connectivity index (χ1v) is 5.85. The Labute approximate surface area is 104 Å². The molecule has 2 atom stereocenters. The first-order chi connectivity index (χ1) is 8.58. The Hall–Kier alpha value is -1.69. The van der Waals surface area contributed by atoms with E-state index < -0.39 is 11.8 Å². The van der Waals surface area contributed by atoms with Crippen LogP contribution in [0.2, 0.25) is 0 Å². The number of carbonyl (C=O) groups is 1. The molecular formula is C12H15FN2O3. The molecule has 1 saturated heterocycles. The van der Waals surface area contributed by atoms with Crippen molar-refractivity contribution in [1.29, 1.82) is 0 Å². The fraction of sp³-hybridized carbons (Fsp3) is 0.500. The first kappa shape index (κ1) is 12.8. The molecule has 0 radical (unpaired) electrons. The zero-order chi connectivity index (χ0) is 13.1. The SMILES string of the molecule is CC(Nc1ncc(F)cc1C(=O)O)C1CCCO1. The number of carboxylic acid groups (broad SMARTS) is 1. The van der Waals surface area contributed by atoms with E-state index in [4.69, 9.17) is 9.84 Å². The molecule has 1 aliphatic heterocycles. The molecule has 1 aromatic rings. The van der Waals surface area contributed by atoms with Crippen LogP contribution in [0, 0.1) is 5.82 Å². The molecule has 6 heteroatoms. The van der Waals surface area contributed by atoms with E-state index in [0.717, 1.165) is 31.7 Å². The van der Waals surface area contributed by atoms with Crippen molar-refractivity contribution in [3.05, 3.63) is 23.6 Å². The van der Waals surface area contributed by atoms with Gasteiger partial charge in [0, 0.05) is 6.61 Å². The van der Waals surface area contributed by atoms with Crippen LogP contribution in [0.5, 0.6) is 0 Å². The van der Waals surface area contributed by atoms with Crippen molar-refractivity contribution in [2.45, 2.75) is 31.9 Å². The lowest BCUT2D eigenvalue weighted by molar-refractivity contribution is 0.0696. The van der Waals surface area contributed by atoms with Gasteiger partial charge in [0.15, 0.2) is 0 Å². The molecule has 5 nitrogen and oxygen atoms in total. The van der Waals surface area contributed by atoms with Crippen molar-refractivity contribution < 1.29 is 19.0 Å². The summed E-state index contributed by atoms with van der Waals surface area (Å²) in [5.41, 5.74) is -0.167. The van der Waals surface area contributed by atoms with Gasteiger partial charge in [-0.1, -0.05) is 0 Å². The fourth-order valence-electron chi connectivity index (χ4n) is 2.02. The van der Waals surface area contributed by atoms with Crippen molar-refractivity contribution in [2.75, 3.05) is 11.9 Å². The fourth-order valence-corrected chi connectivity index (χ4v) is 2.02. The summed E-state index contributed by atoms with van der Waals surface area (Å²) in [6.45, 7) is 2.62. The number of aromatic nitrogens is 1. The van der Waals surface area contributed by atoms with Gasteiger partial charge < -0.3 is 15.2 Å². The van der Waals surface area contributed by atoms with Gasteiger partial charge in [0.25, 0.3) is 0 Å². The van der Waals surface area contributed by atoms with E-state index in [1.165, 1.54) is 0 Å². The molecule has 0 amide bonds. The van der Waals surface area contributed by atoms with Gasteiger partial charge in [-0.05, 0) is 25.8 Å². The van der Waals surface area contributed by atoms with E-state index in [1.807, 2.05) is 6.92 Å². The number of carboxylic acids is 1. The second-order valence-corrected chi connectivity index (χ2v) is 4.34. The Morgan fingerprint density at radius 3 is 3.11 bits per heavy atom. The number of pyridine rings is 1. The number of hydrogen-bond acceptors (Lipinski definition) is 4. The second-order valence-electron chi connectivity index (χ2n) is 4.34. The van der Waals surface area contributed by atoms with Gasteiger partial charge in [0.2, 0.25) is 0 Å². The van der Waals surface area contributed by atoms with E-state index in [1.54, 1.807) is 0 Å². The Morgan fingerprint density at radius 1 is 1.72 bits per heavy atom. The quantitative estimate of drug-likeness (QED) is 0.858. The van der Waals surface area contributed by atoms with Gasteiger partial charge in [-0.25, -0.2) is 14.2 Å². The highest BCUT2D eigenvalue weighted by molar-refractivity contribution is 5.93. The van der Waals surface area contributed by atoms with E-state index >= 15 is 0 Å². The summed E-state index contributed by atoms with van der Waals surface area (Å²) in [7, 11) is 0. The van der Waals surface area contributed by atoms with Crippen LogP contribution < -0.4 is 5.32 Å². The van der Waals surface area contributed by atoms with Crippen LogP contribution >= 0.6 is 0 Å². The number of anilines is 1. The first-order valence-electron chi connectivity index (χ1n) is 5.85. The highest BCUT2D eigenvalue weighted by atomic mass is 19.1. The minimum Gasteiger partial charge on any atom is -0.478 e. The van der Waals surface area contributed by atoms with Crippen molar-refractivity contribution in [2.24, 2.45) is 0 Å². The Morgan fingerprint density at radius 2 is 2.50 bits per heavy atom. The molecule has 18 heavy (non-hydrogen) atoms. The predicted octanol–water partition coefficient (Wildman–Crippen LogP) is 1.90. The third kappa shape index (κ3) is 2.76. The molecule has 2 N–H and O–H groups in total. The van der Waals surface area contributed by atoms with Gasteiger partial charge in [-0.3, -0.25) is 0 Å². The smallest absolute Gasteiger partial charge is 0.339 e. The Bertz CT molecular complexity index is 447. The largest absolute Gasteiger partial charge is 0.478 e. The third-order valence-electron chi connectivity index (χ3n) is 2.97. The molecule has 0 aromatic carbocycles. The van der Waals surface area contributed by atoms with Gasteiger partial charge in [-0.2, -0.15) is 0 Å². The molecule has 0 saturated carbocycles. The van der Waals surface area contributed by atoms with Crippen molar-refractivity contribution >= 4 is 11.8 Å². The lowest BCUT2D eigenvalue weighted by Crippen LogP contribution is -2.31. The van der Waals surface area contributed by atoms with E-state index in [2.05, 4.69) is 10.3 Å². The van der Waals surface area contributed by atoms with Crippen molar-refractivity contribution in [1.82, 2.24) is 4.98 Å². The zero-order valence-corrected chi connectivity index (χ0v) is 10.0. The number of aromatic carboxylic acids is 1. The van der Waals surface area contributed by atoms with Crippen LogP contribution in [0.15, 0.2) is 12.3 Å². The van der Waals surface area contributed by atoms with Crippen LogP contribution in [0.3, 0.4) is 0 Å². The molecule has 2 unspecified atom stereocenters. The maximum absolute atomic E-state index is 13.0. The molecule has 1 aromatic heterocycles. The van der Waals surface area contributed by atoms with Gasteiger partial charge in [0.05, 0.1) is 18.3 Å². The summed E-state index contributed by atoms with van der Waals surface area (Å²) in [5.74, 6) is -1.70. The number of nitrogens with one attached hydrogen (secondary N) is 1. The maximum atomic E-state index is 13.0. The number of rotatable bonds is 4. The van der Waals surface area contributed by atoms with E-state index in [-0.39, 0.29) is 23.5 Å². The molecule has 1 aliphatic rings. The predicted molar refractivity (Wildman–Crippen MR) is 63.2 cm³/mol. The number of halogens is 1. The molecule has 2 rings (SSSR count). The maximum Gasteiger partial charge on any atom is 0.339 e. The highest BCUT2D eigenvalue weighted by Crippen LogP contribution is 2.20. The minimum absolute atomic E-state index is 0.0403. The van der Waals surface area contributed by atoms with Crippen molar-refractivity contribution in [3.8, 4) is 0 Å². The summed E-state index contributed by atoms with van der Waals surface area (Å²) in [4.78, 5) is 14.8. The van der Waals surface area contributed by atoms with Crippen LogP contribution in [0.1, 0.15) is 30.1 Å². The lowest BCUT2D eigenvalue weighted by Gasteiger charge is -2.21. The summed E-state index contributed by atoms with van der Waals surface area (Å²) >= 11 is 0. The van der Waals surface area contributed by atoms with Crippen LogP contribution in [0.4, 0.5) is 10.2 Å². The molecule has 1 fully saturated rings. The zero-order valence-electron chi connectivity index (χ0n) is 10.0. The third-order valence-corrected chi connectivity index (χ3v) is 2.97. The number of nitrogens with zero attached hydrogens (tertiary/aromatic N) is 1. The van der Waals surface area contributed by atoms with Gasteiger partial charge in [0.1, 0.15) is 17.2 Å². The molecular weight excluding hydrogens is 239 g/mol. The average molecular weight is 254 g/mol. The van der Waals surface area contributed by atoms with Crippen LogP contribution in [0.25, 0.3) is 0 Å². The average Bonchev–Trinajstić information content (AvgIpc) is 2.84. The summed E-state index contributed by atoms with van der Waals surface area (Å²) in [6, 6.07) is 0.892. The minimum atomic E-state index is -1.20. The van der Waals surface area contributed by atoms with Crippen molar-refractivity contribution in [3.63, 3.8) is 0 Å². The number of ether oxygens (including phenoxy) is 1. The summed E-state index contributed by atoms with van der Waals surface area (Å²) in [6.07, 6.45) is 2.96. The van der Waals surface area contributed by atoms with E-state index in [9.17, 15) is 9.18 Å². The Balaban J connectivity index is 2.15. The topological polar surface area (TPSA) is 71.5 Å². The van der Waals surface area contributed by atoms with Crippen LogP contribution in [-0.2, 0) is 4.74 Å². The lowest BCUT2D eigenvalue weighted by atomic mass is 10.1. The monoisotopic (exact) mass is 254 g/mol. The molecule has 0 bridgehead atoms.